The van der Waals surface area contributed by atoms with Crippen LogP contribution in [-0.4, -0.2) is 40.9 Å². The van der Waals surface area contributed by atoms with Crippen LogP contribution in [-0.2, 0) is 19.4 Å². The lowest BCUT2D eigenvalue weighted by atomic mass is 10.2. The highest BCUT2D eigenvalue weighted by molar-refractivity contribution is 5.79. The molecule has 2 rings (SSSR count). The van der Waals surface area contributed by atoms with Gasteiger partial charge in [0.2, 0.25) is 0 Å². The predicted molar refractivity (Wildman–Crippen MR) is 85.5 cm³/mol. The summed E-state index contributed by atoms with van der Waals surface area (Å²) in [6, 6.07) is 0. The number of aryl methyl sites for hydroxylation is 1. The van der Waals surface area contributed by atoms with Crippen LogP contribution in [0, 0.1) is 5.92 Å². The first kappa shape index (κ1) is 15.8. The summed E-state index contributed by atoms with van der Waals surface area (Å²) in [5.74, 6) is 3.72. The number of nitrogens with zero attached hydrogens (tertiary/aromatic N) is 4. The van der Waals surface area contributed by atoms with Crippen molar-refractivity contribution in [3.8, 4) is 0 Å². The summed E-state index contributed by atoms with van der Waals surface area (Å²) < 4.78 is 2.30. The minimum absolute atomic E-state index is 0.607. The maximum Gasteiger partial charge on any atom is 0.190 e. The first-order valence-corrected chi connectivity index (χ1v) is 8.06. The molecule has 1 aromatic heterocycles. The van der Waals surface area contributed by atoms with E-state index in [9.17, 15) is 0 Å². The van der Waals surface area contributed by atoms with Gasteiger partial charge in [0.1, 0.15) is 11.6 Å². The van der Waals surface area contributed by atoms with Gasteiger partial charge in [-0.15, -0.1) is 10.2 Å². The van der Waals surface area contributed by atoms with Gasteiger partial charge in [-0.25, -0.2) is 0 Å². The molecule has 21 heavy (non-hydrogen) atoms. The summed E-state index contributed by atoms with van der Waals surface area (Å²) in [4.78, 5) is 4.23. The molecule has 0 atom stereocenters. The molecule has 0 saturated carbocycles. The highest BCUT2D eigenvalue weighted by atomic mass is 15.3. The van der Waals surface area contributed by atoms with Crippen LogP contribution in [0.1, 0.15) is 44.8 Å². The van der Waals surface area contributed by atoms with Crippen molar-refractivity contribution in [2.75, 3.05) is 20.1 Å². The van der Waals surface area contributed by atoms with E-state index in [4.69, 9.17) is 0 Å². The summed E-state index contributed by atoms with van der Waals surface area (Å²) in [5.41, 5.74) is 0. The molecule has 0 saturated heterocycles. The Morgan fingerprint density at radius 3 is 2.86 bits per heavy atom. The Morgan fingerprint density at radius 2 is 2.10 bits per heavy atom. The van der Waals surface area contributed by atoms with Crippen molar-refractivity contribution in [3.05, 3.63) is 11.6 Å². The summed E-state index contributed by atoms with van der Waals surface area (Å²) in [6.07, 6.45) is 5.73. The van der Waals surface area contributed by atoms with Gasteiger partial charge in [-0.3, -0.25) is 4.99 Å². The van der Waals surface area contributed by atoms with Gasteiger partial charge in [0.05, 0.1) is 0 Å². The van der Waals surface area contributed by atoms with Crippen LogP contribution in [0.3, 0.4) is 0 Å². The SMILES string of the molecule is CN=C(NCCc1nnc2n1CCCCC2)NCC(C)C. The molecule has 0 aliphatic carbocycles. The maximum absolute atomic E-state index is 4.35. The van der Waals surface area contributed by atoms with Crippen molar-refractivity contribution in [1.82, 2.24) is 25.4 Å². The second kappa shape index (κ2) is 8.00. The standard InChI is InChI=1S/C15H28N6/c1-12(2)11-18-15(16-3)17-9-8-14-20-19-13-7-5-4-6-10-21(13)14/h12H,4-11H2,1-3H3,(H2,16,17,18). The topological polar surface area (TPSA) is 67.1 Å². The van der Waals surface area contributed by atoms with Crippen LogP contribution >= 0.6 is 0 Å². The number of fused-ring (bicyclic) bond motifs is 1. The normalized spacial score (nSPS) is 15.7. The molecule has 0 bridgehead atoms. The molecule has 2 N–H and O–H groups in total. The van der Waals surface area contributed by atoms with Crippen LogP contribution in [0.15, 0.2) is 4.99 Å². The van der Waals surface area contributed by atoms with E-state index >= 15 is 0 Å². The molecule has 2 heterocycles. The molecular formula is C15H28N6. The average molecular weight is 292 g/mol. The van der Waals surface area contributed by atoms with E-state index in [1.807, 2.05) is 0 Å². The van der Waals surface area contributed by atoms with Crippen molar-refractivity contribution >= 4 is 5.96 Å². The lowest BCUT2D eigenvalue weighted by Gasteiger charge is -2.13. The minimum atomic E-state index is 0.607. The average Bonchev–Trinajstić information content (AvgIpc) is 2.70. The zero-order valence-electron chi connectivity index (χ0n) is 13.5. The van der Waals surface area contributed by atoms with E-state index in [1.54, 1.807) is 7.05 Å². The molecule has 0 unspecified atom stereocenters. The minimum Gasteiger partial charge on any atom is -0.356 e. The Labute approximate surface area is 127 Å². The van der Waals surface area contributed by atoms with Crippen LogP contribution in [0.2, 0.25) is 0 Å². The molecule has 6 heteroatoms. The van der Waals surface area contributed by atoms with Gasteiger partial charge in [0.15, 0.2) is 5.96 Å². The zero-order valence-corrected chi connectivity index (χ0v) is 13.5. The van der Waals surface area contributed by atoms with Crippen molar-refractivity contribution in [1.29, 1.82) is 0 Å². The molecular weight excluding hydrogens is 264 g/mol. The van der Waals surface area contributed by atoms with Crippen LogP contribution < -0.4 is 10.6 Å². The van der Waals surface area contributed by atoms with Gasteiger partial charge in [-0.2, -0.15) is 0 Å². The van der Waals surface area contributed by atoms with Gasteiger partial charge in [-0.05, 0) is 18.8 Å². The lowest BCUT2D eigenvalue weighted by molar-refractivity contribution is 0.595. The number of aliphatic imine (C=N–C) groups is 1. The Balaban J connectivity index is 1.82. The molecule has 118 valence electrons. The first-order chi connectivity index (χ1) is 10.2. The van der Waals surface area contributed by atoms with Crippen LogP contribution in [0.4, 0.5) is 0 Å². The number of guanidine groups is 1. The highest BCUT2D eigenvalue weighted by Gasteiger charge is 2.14. The quantitative estimate of drug-likeness (QED) is 0.635. The molecule has 1 aliphatic heterocycles. The molecule has 0 aromatic carbocycles. The third kappa shape index (κ3) is 4.72. The van der Waals surface area contributed by atoms with Gasteiger partial charge < -0.3 is 15.2 Å². The van der Waals surface area contributed by atoms with Gasteiger partial charge >= 0.3 is 0 Å². The lowest BCUT2D eigenvalue weighted by Crippen LogP contribution is -2.40. The number of hydrogen-bond donors (Lipinski definition) is 2. The predicted octanol–water partition coefficient (Wildman–Crippen LogP) is 1.37. The first-order valence-electron chi connectivity index (χ1n) is 8.06. The number of hydrogen-bond acceptors (Lipinski definition) is 3. The van der Waals surface area contributed by atoms with Crippen LogP contribution in [0.25, 0.3) is 0 Å². The van der Waals surface area contributed by atoms with Crippen molar-refractivity contribution < 1.29 is 0 Å². The molecule has 0 amide bonds. The fraction of sp³-hybridized carbons (Fsp3) is 0.800. The van der Waals surface area contributed by atoms with E-state index in [-0.39, 0.29) is 0 Å². The third-order valence-corrected chi connectivity index (χ3v) is 3.73. The van der Waals surface area contributed by atoms with E-state index < -0.39 is 0 Å². The van der Waals surface area contributed by atoms with Crippen molar-refractivity contribution in [2.45, 2.75) is 52.5 Å². The van der Waals surface area contributed by atoms with Crippen LogP contribution in [0.5, 0.6) is 0 Å². The van der Waals surface area contributed by atoms with Gasteiger partial charge in [0.25, 0.3) is 0 Å². The zero-order chi connectivity index (χ0) is 15.1. The maximum atomic E-state index is 4.35. The second-order valence-electron chi connectivity index (χ2n) is 6.02. The molecule has 0 spiro atoms. The summed E-state index contributed by atoms with van der Waals surface area (Å²) in [6.45, 7) is 7.20. The van der Waals surface area contributed by atoms with E-state index in [0.717, 1.165) is 50.1 Å². The summed E-state index contributed by atoms with van der Waals surface area (Å²) >= 11 is 0. The molecule has 0 fully saturated rings. The summed E-state index contributed by atoms with van der Waals surface area (Å²) in [7, 11) is 1.80. The number of rotatable bonds is 5. The fourth-order valence-corrected chi connectivity index (χ4v) is 2.54. The van der Waals surface area contributed by atoms with Gasteiger partial charge in [-0.1, -0.05) is 20.3 Å². The van der Waals surface area contributed by atoms with E-state index in [1.165, 1.54) is 19.3 Å². The molecule has 1 aromatic rings. The van der Waals surface area contributed by atoms with Crippen molar-refractivity contribution in [2.24, 2.45) is 10.9 Å². The van der Waals surface area contributed by atoms with E-state index in [0.29, 0.717) is 5.92 Å². The van der Waals surface area contributed by atoms with Gasteiger partial charge in [0, 0.05) is 39.5 Å². The fourth-order valence-electron chi connectivity index (χ4n) is 2.54. The van der Waals surface area contributed by atoms with E-state index in [2.05, 4.69) is 44.2 Å². The Bertz CT molecular complexity index is 463. The smallest absolute Gasteiger partial charge is 0.190 e. The largest absolute Gasteiger partial charge is 0.356 e. The highest BCUT2D eigenvalue weighted by Crippen LogP contribution is 2.14. The molecule has 0 radical (unpaired) electrons. The number of nitrogens with one attached hydrogen (secondary N) is 2. The Hall–Kier alpha value is -1.59. The summed E-state index contributed by atoms with van der Waals surface area (Å²) in [5, 5.41) is 15.3. The molecule has 1 aliphatic rings. The third-order valence-electron chi connectivity index (χ3n) is 3.73. The Morgan fingerprint density at radius 1 is 1.24 bits per heavy atom. The monoisotopic (exact) mass is 292 g/mol. The van der Waals surface area contributed by atoms with Crippen molar-refractivity contribution in [3.63, 3.8) is 0 Å². The second-order valence-corrected chi connectivity index (χ2v) is 6.02. The molecule has 6 nitrogen and oxygen atoms in total. The Kier molecular flexibility index (Phi) is 6.02. The number of aromatic nitrogens is 3.